The van der Waals surface area contributed by atoms with Crippen molar-refractivity contribution < 1.29 is 9.13 Å². The number of methoxy groups -OCH3 is 1. The molecule has 1 atom stereocenters. The molecule has 1 aromatic rings. The second kappa shape index (κ2) is 4.23. The fourth-order valence-electron chi connectivity index (χ4n) is 1.16. The van der Waals surface area contributed by atoms with Crippen molar-refractivity contribution in [3.8, 4) is 5.75 Å². The molecular formula is C10H14FNO. The van der Waals surface area contributed by atoms with Crippen molar-refractivity contribution in [2.45, 2.75) is 12.8 Å². The lowest BCUT2D eigenvalue weighted by atomic mass is 10.0. The van der Waals surface area contributed by atoms with E-state index in [0.29, 0.717) is 17.9 Å². The van der Waals surface area contributed by atoms with E-state index in [2.05, 4.69) is 0 Å². The third-order valence-corrected chi connectivity index (χ3v) is 2.09. The molecule has 0 heterocycles. The summed E-state index contributed by atoms with van der Waals surface area (Å²) in [6.45, 7) is 2.34. The lowest BCUT2D eigenvalue weighted by molar-refractivity contribution is 0.410. The van der Waals surface area contributed by atoms with Crippen LogP contribution in [0.2, 0.25) is 0 Å². The van der Waals surface area contributed by atoms with Gasteiger partial charge in [-0.2, -0.15) is 0 Å². The van der Waals surface area contributed by atoms with Crippen LogP contribution >= 0.6 is 0 Å². The summed E-state index contributed by atoms with van der Waals surface area (Å²) in [6.07, 6.45) is 0. The van der Waals surface area contributed by atoms with Crippen LogP contribution in [0.1, 0.15) is 18.4 Å². The molecule has 0 amide bonds. The molecule has 2 nitrogen and oxygen atoms in total. The fourth-order valence-corrected chi connectivity index (χ4v) is 1.16. The number of ether oxygens (including phenoxy) is 1. The maximum atomic E-state index is 13.3. The van der Waals surface area contributed by atoms with E-state index in [1.54, 1.807) is 12.1 Å². The molecule has 0 saturated carbocycles. The Morgan fingerprint density at radius 1 is 1.54 bits per heavy atom. The molecule has 0 fully saturated rings. The molecule has 0 unspecified atom stereocenters. The minimum absolute atomic E-state index is 0.0471. The Hall–Kier alpha value is -1.09. The van der Waals surface area contributed by atoms with Crippen LogP contribution < -0.4 is 10.5 Å². The Morgan fingerprint density at radius 3 is 2.69 bits per heavy atom. The normalized spacial score (nSPS) is 12.6. The standard InChI is InChI=1S/C10H14FNO/c1-7(6-12)9-4-3-8(13-2)5-10(9)11/h3-5,7H,6,12H2,1-2H3/t7-/m1/s1. The van der Waals surface area contributed by atoms with E-state index < -0.39 is 0 Å². The SMILES string of the molecule is COc1ccc([C@H](C)CN)c(F)c1. The van der Waals surface area contributed by atoms with Gasteiger partial charge in [-0.15, -0.1) is 0 Å². The van der Waals surface area contributed by atoms with Crippen molar-refractivity contribution in [2.75, 3.05) is 13.7 Å². The lowest BCUT2D eigenvalue weighted by Gasteiger charge is -2.10. The van der Waals surface area contributed by atoms with Crippen LogP contribution in [-0.2, 0) is 0 Å². The van der Waals surface area contributed by atoms with E-state index >= 15 is 0 Å². The average Bonchev–Trinajstić information content (AvgIpc) is 2.16. The quantitative estimate of drug-likeness (QED) is 0.776. The van der Waals surface area contributed by atoms with Gasteiger partial charge in [-0.3, -0.25) is 0 Å². The van der Waals surface area contributed by atoms with E-state index in [1.165, 1.54) is 13.2 Å². The van der Waals surface area contributed by atoms with Gasteiger partial charge in [0, 0.05) is 6.07 Å². The molecule has 3 heteroatoms. The van der Waals surface area contributed by atoms with Crippen LogP contribution in [0.3, 0.4) is 0 Å². The van der Waals surface area contributed by atoms with E-state index in [4.69, 9.17) is 10.5 Å². The Balaban J connectivity index is 2.98. The summed E-state index contributed by atoms with van der Waals surface area (Å²) in [6, 6.07) is 4.83. The largest absolute Gasteiger partial charge is 0.497 e. The minimum Gasteiger partial charge on any atom is -0.497 e. The Labute approximate surface area is 77.5 Å². The van der Waals surface area contributed by atoms with Crippen LogP contribution in [0.5, 0.6) is 5.75 Å². The number of benzene rings is 1. The van der Waals surface area contributed by atoms with Gasteiger partial charge in [0.25, 0.3) is 0 Å². The summed E-state index contributed by atoms with van der Waals surface area (Å²) in [7, 11) is 1.51. The second-order valence-corrected chi connectivity index (χ2v) is 3.02. The van der Waals surface area contributed by atoms with Gasteiger partial charge in [0.05, 0.1) is 7.11 Å². The van der Waals surface area contributed by atoms with Gasteiger partial charge >= 0.3 is 0 Å². The zero-order chi connectivity index (χ0) is 9.84. The molecule has 0 aromatic heterocycles. The molecule has 0 aliphatic carbocycles. The van der Waals surface area contributed by atoms with Crippen LogP contribution in [0.4, 0.5) is 4.39 Å². The topological polar surface area (TPSA) is 35.2 Å². The van der Waals surface area contributed by atoms with Crippen molar-refractivity contribution in [3.63, 3.8) is 0 Å². The predicted molar refractivity (Wildman–Crippen MR) is 50.4 cm³/mol. The van der Waals surface area contributed by atoms with Crippen molar-refractivity contribution in [1.29, 1.82) is 0 Å². The van der Waals surface area contributed by atoms with Crippen molar-refractivity contribution in [1.82, 2.24) is 0 Å². The van der Waals surface area contributed by atoms with Crippen LogP contribution in [0.15, 0.2) is 18.2 Å². The van der Waals surface area contributed by atoms with E-state index in [-0.39, 0.29) is 11.7 Å². The molecule has 0 spiro atoms. The smallest absolute Gasteiger partial charge is 0.130 e. The summed E-state index contributed by atoms with van der Waals surface area (Å²) in [4.78, 5) is 0. The molecule has 13 heavy (non-hydrogen) atoms. The zero-order valence-electron chi connectivity index (χ0n) is 7.88. The molecule has 0 radical (unpaired) electrons. The predicted octanol–water partition coefficient (Wildman–Crippen LogP) is 1.90. The monoisotopic (exact) mass is 183 g/mol. The van der Waals surface area contributed by atoms with Crippen LogP contribution in [-0.4, -0.2) is 13.7 Å². The first-order valence-corrected chi connectivity index (χ1v) is 4.22. The van der Waals surface area contributed by atoms with Gasteiger partial charge in [0.1, 0.15) is 11.6 Å². The minimum atomic E-state index is -0.252. The molecule has 2 N–H and O–H groups in total. The fraction of sp³-hybridized carbons (Fsp3) is 0.400. The van der Waals surface area contributed by atoms with Gasteiger partial charge in [0.15, 0.2) is 0 Å². The van der Waals surface area contributed by atoms with E-state index in [1.807, 2.05) is 6.92 Å². The zero-order valence-corrected chi connectivity index (χ0v) is 7.88. The molecule has 0 aliphatic heterocycles. The molecule has 0 aliphatic rings. The van der Waals surface area contributed by atoms with E-state index in [9.17, 15) is 4.39 Å². The van der Waals surface area contributed by atoms with Crippen LogP contribution in [0, 0.1) is 5.82 Å². The highest BCUT2D eigenvalue weighted by Crippen LogP contribution is 2.22. The van der Waals surface area contributed by atoms with E-state index in [0.717, 1.165) is 0 Å². The first kappa shape index (κ1) is 9.99. The number of rotatable bonds is 3. The number of hydrogen-bond acceptors (Lipinski definition) is 2. The van der Waals surface area contributed by atoms with Gasteiger partial charge in [0.2, 0.25) is 0 Å². The van der Waals surface area contributed by atoms with Gasteiger partial charge in [-0.25, -0.2) is 4.39 Å². The molecule has 0 saturated heterocycles. The summed E-state index contributed by atoms with van der Waals surface area (Å²) >= 11 is 0. The first-order chi connectivity index (χ1) is 6.19. The Morgan fingerprint density at radius 2 is 2.23 bits per heavy atom. The molecular weight excluding hydrogens is 169 g/mol. The van der Waals surface area contributed by atoms with Gasteiger partial charge in [-0.1, -0.05) is 13.0 Å². The molecule has 1 aromatic carbocycles. The second-order valence-electron chi connectivity index (χ2n) is 3.02. The Kier molecular flexibility index (Phi) is 3.25. The highest BCUT2D eigenvalue weighted by atomic mass is 19.1. The maximum Gasteiger partial charge on any atom is 0.130 e. The molecule has 0 bridgehead atoms. The summed E-state index contributed by atoms with van der Waals surface area (Å²) in [5.74, 6) is 0.327. The molecule has 72 valence electrons. The third-order valence-electron chi connectivity index (χ3n) is 2.09. The Bertz CT molecular complexity index is 288. The number of nitrogens with two attached hydrogens (primary N) is 1. The summed E-state index contributed by atoms with van der Waals surface area (Å²) in [5.41, 5.74) is 6.09. The number of hydrogen-bond donors (Lipinski definition) is 1. The van der Waals surface area contributed by atoms with Crippen molar-refractivity contribution in [3.05, 3.63) is 29.6 Å². The highest BCUT2D eigenvalue weighted by molar-refractivity contribution is 5.30. The molecule has 1 rings (SSSR count). The first-order valence-electron chi connectivity index (χ1n) is 4.22. The average molecular weight is 183 g/mol. The highest BCUT2D eigenvalue weighted by Gasteiger charge is 2.09. The number of halogens is 1. The van der Waals surface area contributed by atoms with Crippen molar-refractivity contribution >= 4 is 0 Å². The van der Waals surface area contributed by atoms with Crippen molar-refractivity contribution in [2.24, 2.45) is 5.73 Å². The maximum absolute atomic E-state index is 13.3. The summed E-state index contributed by atoms with van der Waals surface area (Å²) < 4.78 is 18.2. The van der Waals surface area contributed by atoms with Crippen LogP contribution in [0.25, 0.3) is 0 Å². The third kappa shape index (κ3) is 2.18. The van der Waals surface area contributed by atoms with Gasteiger partial charge < -0.3 is 10.5 Å². The summed E-state index contributed by atoms with van der Waals surface area (Å²) in [5, 5.41) is 0. The van der Waals surface area contributed by atoms with Gasteiger partial charge in [-0.05, 0) is 24.1 Å². The lowest BCUT2D eigenvalue weighted by Crippen LogP contribution is -2.10.